The van der Waals surface area contributed by atoms with Crippen molar-refractivity contribution >= 4 is 5.97 Å². The molecule has 1 aromatic rings. The molecule has 0 aromatic heterocycles. The van der Waals surface area contributed by atoms with Crippen molar-refractivity contribution in [2.45, 2.75) is 19.8 Å². The second-order valence-electron chi connectivity index (χ2n) is 2.84. The van der Waals surface area contributed by atoms with Crippen LogP contribution in [0.15, 0.2) is 18.2 Å². The number of benzene rings is 1. The van der Waals surface area contributed by atoms with Crippen LogP contribution in [0.3, 0.4) is 0 Å². The van der Waals surface area contributed by atoms with Gasteiger partial charge in [-0.25, -0.2) is 0 Å². The molecule has 0 amide bonds. The minimum absolute atomic E-state index is 0.0711. The number of carbonyl (C=O) groups is 1. The Bertz CT molecular complexity index is 318. The summed E-state index contributed by atoms with van der Waals surface area (Å²) in [5.41, 5.74) is 1.42. The number of aromatic hydroxyl groups is 1. The summed E-state index contributed by atoms with van der Waals surface area (Å²) in [6.07, 6.45) is 0.618. The SMILES string of the molecule is CCc1cccc(O)c1CC(=O)O. The average molecular weight is 180 g/mol. The van der Waals surface area contributed by atoms with Crippen molar-refractivity contribution in [3.63, 3.8) is 0 Å². The highest BCUT2D eigenvalue weighted by atomic mass is 16.4. The summed E-state index contributed by atoms with van der Waals surface area (Å²) in [5, 5.41) is 18.0. The fourth-order valence-electron chi connectivity index (χ4n) is 1.31. The first kappa shape index (κ1) is 9.58. The van der Waals surface area contributed by atoms with Gasteiger partial charge in [-0.1, -0.05) is 19.1 Å². The van der Waals surface area contributed by atoms with Crippen molar-refractivity contribution in [3.05, 3.63) is 29.3 Å². The second-order valence-corrected chi connectivity index (χ2v) is 2.84. The Balaban J connectivity index is 3.07. The van der Waals surface area contributed by atoms with Gasteiger partial charge in [-0.05, 0) is 18.1 Å². The number of phenols is 1. The van der Waals surface area contributed by atoms with E-state index in [1.807, 2.05) is 13.0 Å². The van der Waals surface area contributed by atoms with Gasteiger partial charge in [0.05, 0.1) is 6.42 Å². The van der Waals surface area contributed by atoms with Crippen LogP contribution < -0.4 is 0 Å². The van der Waals surface area contributed by atoms with Crippen LogP contribution in [0.1, 0.15) is 18.1 Å². The molecule has 2 N–H and O–H groups in total. The third kappa shape index (κ3) is 2.21. The Hall–Kier alpha value is -1.51. The lowest BCUT2D eigenvalue weighted by molar-refractivity contribution is -0.136. The predicted octanol–water partition coefficient (Wildman–Crippen LogP) is 1.58. The first-order valence-electron chi connectivity index (χ1n) is 4.16. The van der Waals surface area contributed by atoms with E-state index in [-0.39, 0.29) is 12.2 Å². The average Bonchev–Trinajstić information content (AvgIpc) is 2.08. The molecule has 0 unspecified atom stereocenters. The summed E-state index contributed by atoms with van der Waals surface area (Å²) in [6, 6.07) is 5.06. The summed E-state index contributed by atoms with van der Waals surface area (Å²) in [5.74, 6) is -0.849. The lowest BCUT2D eigenvalue weighted by atomic mass is 10.0. The van der Waals surface area contributed by atoms with Gasteiger partial charge in [0.25, 0.3) is 0 Å². The zero-order valence-electron chi connectivity index (χ0n) is 7.45. The van der Waals surface area contributed by atoms with Crippen LogP contribution in [0.4, 0.5) is 0 Å². The Morgan fingerprint density at radius 3 is 2.69 bits per heavy atom. The predicted molar refractivity (Wildman–Crippen MR) is 48.8 cm³/mol. The van der Waals surface area contributed by atoms with E-state index in [9.17, 15) is 9.90 Å². The molecule has 3 nitrogen and oxygen atoms in total. The highest BCUT2D eigenvalue weighted by Crippen LogP contribution is 2.21. The Labute approximate surface area is 76.6 Å². The lowest BCUT2D eigenvalue weighted by Gasteiger charge is -2.06. The molecule has 1 aromatic carbocycles. The molecule has 0 aliphatic rings. The zero-order valence-corrected chi connectivity index (χ0v) is 7.45. The molecule has 0 aliphatic carbocycles. The van der Waals surface area contributed by atoms with E-state index in [1.165, 1.54) is 6.07 Å². The fourth-order valence-corrected chi connectivity index (χ4v) is 1.31. The van der Waals surface area contributed by atoms with E-state index < -0.39 is 5.97 Å². The van der Waals surface area contributed by atoms with Crippen LogP contribution in [0.25, 0.3) is 0 Å². The van der Waals surface area contributed by atoms with Crippen LogP contribution >= 0.6 is 0 Å². The zero-order chi connectivity index (χ0) is 9.84. The van der Waals surface area contributed by atoms with Crippen LogP contribution in [0, 0.1) is 0 Å². The number of rotatable bonds is 3. The summed E-state index contributed by atoms with van der Waals surface area (Å²) < 4.78 is 0. The first-order chi connectivity index (χ1) is 6.15. The number of phenolic OH excluding ortho intramolecular Hbond substituents is 1. The number of aliphatic carboxylic acids is 1. The van der Waals surface area contributed by atoms with Gasteiger partial charge >= 0.3 is 5.97 Å². The summed E-state index contributed by atoms with van der Waals surface area (Å²) in [7, 11) is 0. The topological polar surface area (TPSA) is 57.5 Å². The maximum absolute atomic E-state index is 10.5. The maximum atomic E-state index is 10.5. The van der Waals surface area contributed by atoms with Crippen molar-refractivity contribution in [1.82, 2.24) is 0 Å². The van der Waals surface area contributed by atoms with Gasteiger partial charge in [0.1, 0.15) is 5.75 Å². The number of hydrogen-bond acceptors (Lipinski definition) is 2. The van der Waals surface area contributed by atoms with E-state index in [0.717, 1.165) is 12.0 Å². The molecule has 0 fully saturated rings. The minimum atomic E-state index is -0.920. The Kier molecular flexibility index (Phi) is 2.90. The highest BCUT2D eigenvalue weighted by Gasteiger charge is 2.09. The summed E-state index contributed by atoms with van der Waals surface area (Å²) in [6.45, 7) is 1.93. The molecule has 13 heavy (non-hydrogen) atoms. The molecular weight excluding hydrogens is 168 g/mol. The third-order valence-electron chi connectivity index (χ3n) is 1.96. The van der Waals surface area contributed by atoms with Crippen molar-refractivity contribution < 1.29 is 15.0 Å². The lowest BCUT2D eigenvalue weighted by Crippen LogP contribution is -2.03. The summed E-state index contributed by atoms with van der Waals surface area (Å²) in [4.78, 5) is 10.5. The van der Waals surface area contributed by atoms with Gasteiger partial charge in [-0.15, -0.1) is 0 Å². The maximum Gasteiger partial charge on any atom is 0.307 e. The van der Waals surface area contributed by atoms with Gasteiger partial charge in [0.15, 0.2) is 0 Å². The molecule has 0 heterocycles. The molecule has 0 radical (unpaired) electrons. The van der Waals surface area contributed by atoms with E-state index >= 15 is 0 Å². The number of hydrogen-bond donors (Lipinski definition) is 2. The molecule has 0 saturated carbocycles. The summed E-state index contributed by atoms with van der Waals surface area (Å²) >= 11 is 0. The quantitative estimate of drug-likeness (QED) is 0.742. The van der Waals surface area contributed by atoms with Gasteiger partial charge < -0.3 is 10.2 Å². The molecule has 1 rings (SSSR count). The largest absolute Gasteiger partial charge is 0.508 e. The van der Waals surface area contributed by atoms with E-state index in [1.54, 1.807) is 6.07 Å². The van der Waals surface area contributed by atoms with Crippen molar-refractivity contribution in [1.29, 1.82) is 0 Å². The monoisotopic (exact) mass is 180 g/mol. The van der Waals surface area contributed by atoms with Crippen LogP contribution in [-0.4, -0.2) is 16.2 Å². The smallest absolute Gasteiger partial charge is 0.307 e. The van der Waals surface area contributed by atoms with Crippen molar-refractivity contribution in [2.24, 2.45) is 0 Å². The van der Waals surface area contributed by atoms with Crippen LogP contribution in [-0.2, 0) is 17.6 Å². The fraction of sp³-hybridized carbons (Fsp3) is 0.300. The third-order valence-corrected chi connectivity index (χ3v) is 1.96. The number of carboxylic acids is 1. The number of aryl methyl sites for hydroxylation is 1. The van der Waals surface area contributed by atoms with Gasteiger partial charge in [0, 0.05) is 5.56 Å². The molecular formula is C10H12O3. The van der Waals surface area contributed by atoms with E-state index in [4.69, 9.17) is 5.11 Å². The minimum Gasteiger partial charge on any atom is -0.508 e. The van der Waals surface area contributed by atoms with Crippen molar-refractivity contribution in [3.8, 4) is 5.75 Å². The second kappa shape index (κ2) is 3.94. The molecule has 0 saturated heterocycles. The van der Waals surface area contributed by atoms with E-state index in [2.05, 4.69) is 0 Å². The van der Waals surface area contributed by atoms with Gasteiger partial charge in [0.2, 0.25) is 0 Å². The van der Waals surface area contributed by atoms with Crippen LogP contribution in [0.2, 0.25) is 0 Å². The molecule has 0 spiro atoms. The Morgan fingerprint density at radius 2 is 2.15 bits per heavy atom. The Morgan fingerprint density at radius 1 is 1.46 bits per heavy atom. The first-order valence-corrected chi connectivity index (χ1v) is 4.16. The molecule has 70 valence electrons. The van der Waals surface area contributed by atoms with E-state index in [0.29, 0.717) is 5.56 Å². The molecule has 3 heteroatoms. The normalized spacial score (nSPS) is 9.92. The van der Waals surface area contributed by atoms with Gasteiger partial charge in [-0.3, -0.25) is 4.79 Å². The highest BCUT2D eigenvalue weighted by molar-refractivity contribution is 5.72. The standard InChI is InChI=1S/C10H12O3/c1-2-7-4-3-5-9(11)8(7)6-10(12)13/h3-5,11H,2,6H2,1H3,(H,12,13). The number of carboxylic acid groups (broad SMARTS) is 1. The molecule has 0 bridgehead atoms. The molecule has 0 atom stereocenters. The van der Waals surface area contributed by atoms with Crippen LogP contribution in [0.5, 0.6) is 5.75 Å². The molecule has 0 aliphatic heterocycles. The van der Waals surface area contributed by atoms with Crippen molar-refractivity contribution in [2.75, 3.05) is 0 Å². The van der Waals surface area contributed by atoms with Gasteiger partial charge in [-0.2, -0.15) is 0 Å².